The minimum atomic E-state index is -1.35. The van der Waals surface area contributed by atoms with E-state index in [9.17, 15) is 29.3 Å². The molecule has 12 nitrogen and oxygen atoms in total. The monoisotopic (exact) mass is 559 g/mol. The Balaban J connectivity index is 1.18. The van der Waals surface area contributed by atoms with Gasteiger partial charge in [-0.1, -0.05) is 59.7 Å². The van der Waals surface area contributed by atoms with Gasteiger partial charge in [0.2, 0.25) is 0 Å². The minimum absolute atomic E-state index is 0.0474. The van der Waals surface area contributed by atoms with Crippen LogP contribution in [0.4, 0.5) is 15.3 Å². The Morgan fingerprint density at radius 2 is 1.61 bits per heavy atom. The highest BCUT2D eigenvalue weighted by Crippen LogP contribution is 2.44. The van der Waals surface area contributed by atoms with Crippen LogP contribution in [0.2, 0.25) is 0 Å². The fourth-order valence-corrected chi connectivity index (χ4v) is 4.99. The molecule has 0 bridgehead atoms. The number of hydrogen-bond acceptors (Lipinski definition) is 9. The van der Waals surface area contributed by atoms with E-state index in [-0.39, 0.29) is 43.2 Å². The van der Waals surface area contributed by atoms with Crippen molar-refractivity contribution in [2.45, 2.75) is 38.3 Å². The standard InChI is InChI=1S/C29H25N3O9/c1-17(40-29(36)41-31-26(33)12-13-27(31)34)19-11-10-18(14-25(19)32(37)38)15-30-28(35)39-16-24-22-8-4-2-6-20(22)21-7-3-5-9-23(21)24/h2-11,14,17,24H,12-13,15-16H2,1H3,(H,30,35). The van der Waals surface area contributed by atoms with Gasteiger partial charge in [0.15, 0.2) is 0 Å². The molecule has 1 fully saturated rings. The maximum absolute atomic E-state index is 12.5. The number of nitrogens with one attached hydrogen (secondary N) is 1. The largest absolute Gasteiger partial charge is 0.534 e. The Morgan fingerprint density at radius 1 is 1.00 bits per heavy atom. The van der Waals surface area contributed by atoms with Gasteiger partial charge in [0.1, 0.15) is 12.7 Å². The molecular weight excluding hydrogens is 534 g/mol. The van der Waals surface area contributed by atoms with E-state index in [2.05, 4.69) is 10.2 Å². The molecular formula is C29H25N3O9. The molecule has 41 heavy (non-hydrogen) atoms. The van der Waals surface area contributed by atoms with Crippen molar-refractivity contribution in [1.82, 2.24) is 10.4 Å². The Morgan fingerprint density at radius 3 is 2.22 bits per heavy atom. The predicted molar refractivity (Wildman–Crippen MR) is 142 cm³/mol. The second-order valence-corrected chi connectivity index (χ2v) is 9.51. The van der Waals surface area contributed by atoms with Gasteiger partial charge in [-0.05, 0) is 40.8 Å². The van der Waals surface area contributed by atoms with E-state index in [0.717, 1.165) is 22.3 Å². The summed E-state index contributed by atoms with van der Waals surface area (Å²) in [5, 5.41) is 14.7. The Hall–Kier alpha value is -5.26. The Labute approximate surface area is 233 Å². The van der Waals surface area contributed by atoms with Crippen molar-refractivity contribution in [2.75, 3.05) is 6.61 Å². The maximum atomic E-state index is 12.5. The minimum Gasteiger partial charge on any atom is -0.449 e. The average molecular weight is 560 g/mol. The summed E-state index contributed by atoms with van der Waals surface area (Å²) in [6, 6.07) is 20.1. The number of hydroxylamine groups is 2. The summed E-state index contributed by atoms with van der Waals surface area (Å²) in [5.74, 6) is -1.47. The first-order valence-electron chi connectivity index (χ1n) is 12.8. The number of hydrogen-bond donors (Lipinski definition) is 1. The van der Waals surface area contributed by atoms with Crippen molar-refractivity contribution in [3.63, 3.8) is 0 Å². The van der Waals surface area contributed by atoms with Gasteiger partial charge in [0.25, 0.3) is 17.5 Å². The number of nitro benzene ring substituents is 1. The van der Waals surface area contributed by atoms with E-state index >= 15 is 0 Å². The van der Waals surface area contributed by atoms with Crippen molar-refractivity contribution in [3.05, 3.63) is 99.1 Å². The fraction of sp³-hybridized carbons (Fsp3) is 0.241. The van der Waals surface area contributed by atoms with Gasteiger partial charge in [0.05, 0.1) is 10.5 Å². The van der Waals surface area contributed by atoms with E-state index in [1.807, 2.05) is 48.5 Å². The van der Waals surface area contributed by atoms with Crippen molar-refractivity contribution in [2.24, 2.45) is 0 Å². The van der Waals surface area contributed by atoms with Crippen molar-refractivity contribution < 1.29 is 38.4 Å². The summed E-state index contributed by atoms with van der Waals surface area (Å²) in [4.78, 5) is 63.6. The fourth-order valence-electron chi connectivity index (χ4n) is 4.99. The molecule has 3 aromatic rings. The van der Waals surface area contributed by atoms with Crippen LogP contribution in [0.15, 0.2) is 66.7 Å². The molecule has 0 radical (unpaired) electrons. The molecule has 12 heteroatoms. The van der Waals surface area contributed by atoms with Crippen LogP contribution in [0.25, 0.3) is 11.1 Å². The molecule has 1 aliphatic heterocycles. The molecule has 1 unspecified atom stereocenters. The van der Waals surface area contributed by atoms with E-state index in [1.165, 1.54) is 25.1 Å². The number of amides is 3. The molecule has 0 saturated carbocycles. The lowest BCUT2D eigenvalue weighted by Gasteiger charge is -2.17. The van der Waals surface area contributed by atoms with Gasteiger partial charge >= 0.3 is 12.2 Å². The normalized spacial score (nSPS) is 14.7. The first kappa shape index (κ1) is 27.3. The van der Waals surface area contributed by atoms with Crippen LogP contribution in [-0.2, 0) is 30.4 Å². The topological polar surface area (TPSA) is 154 Å². The lowest BCUT2D eigenvalue weighted by molar-refractivity contribution is -0.386. The second-order valence-electron chi connectivity index (χ2n) is 9.51. The molecule has 3 aromatic carbocycles. The number of carbonyl (C=O) groups is 4. The maximum Gasteiger partial charge on any atom is 0.534 e. The highest BCUT2D eigenvalue weighted by atomic mass is 16.8. The first-order chi connectivity index (χ1) is 19.7. The van der Waals surface area contributed by atoms with Gasteiger partial charge in [-0.2, -0.15) is 0 Å². The smallest absolute Gasteiger partial charge is 0.449 e. The number of alkyl carbamates (subject to hydrolysis) is 1. The van der Waals surface area contributed by atoms with E-state index in [1.54, 1.807) is 0 Å². The third-order valence-corrected chi connectivity index (χ3v) is 6.95. The molecule has 1 heterocycles. The van der Waals surface area contributed by atoms with Crippen LogP contribution in [0.1, 0.15) is 54.0 Å². The van der Waals surface area contributed by atoms with Crippen LogP contribution in [0.5, 0.6) is 0 Å². The van der Waals surface area contributed by atoms with Crippen molar-refractivity contribution in [1.29, 1.82) is 0 Å². The van der Waals surface area contributed by atoms with Gasteiger partial charge in [0, 0.05) is 31.4 Å². The van der Waals surface area contributed by atoms with Gasteiger partial charge in [-0.25, -0.2) is 9.59 Å². The summed E-state index contributed by atoms with van der Waals surface area (Å²) in [7, 11) is 0. The summed E-state index contributed by atoms with van der Waals surface area (Å²) >= 11 is 0. The molecule has 1 N–H and O–H groups in total. The molecule has 1 atom stereocenters. The SMILES string of the molecule is CC(OC(=O)ON1C(=O)CCC1=O)c1ccc(CNC(=O)OCC2c3ccccc3-c3ccccc32)cc1[N+](=O)[O-]. The van der Waals surface area contributed by atoms with Crippen LogP contribution >= 0.6 is 0 Å². The quantitative estimate of drug-likeness (QED) is 0.175. The van der Waals surface area contributed by atoms with Crippen LogP contribution < -0.4 is 5.32 Å². The zero-order chi connectivity index (χ0) is 29.1. The summed E-state index contributed by atoms with van der Waals surface area (Å²) in [6.45, 7) is 1.46. The number of imide groups is 1. The van der Waals surface area contributed by atoms with Crippen LogP contribution in [0.3, 0.4) is 0 Å². The first-order valence-corrected chi connectivity index (χ1v) is 12.8. The lowest BCUT2D eigenvalue weighted by Crippen LogP contribution is -2.32. The van der Waals surface area contributed by atoms with Crippen LogP contribution in [-0.4, -0.2) is 40.7 Å². The van der Waals surface area contributed by atoms with Gasteiger partial charge in [-0.3, -0.25) is 24.5 Å². The zero-order valence-corrected chi connectivity index (χ0v) is 21.9. The highest BCUT2D eigenvalue weighted by molar-refractivity contribution is 6.01. The molecule has 1 aliphatic carbocycles. The van der Waals surface area contributed by atoms with Crippen molar-refractivity contribution in [3.8, 4) is 11.1 Å². The molecule has 2 aliphatic rings. The zero-order valence-electron chi connectivity index (χ0n) is 21.9. The third-order valence-electron chi connectivity index (χ3n) is 6.95. The predicted octanol–water partition coefficient (Wildman–Crippen LogP) is 4.91. The van der Waals surface area contributed by atoms with E-state index < -0.39 is 35.1 Å². The molecule has 5 rings (SSSR count). The third kappa shape index (κ3) is 5.71. The molecule has 3 amide bonds. The van der Waals surface area contributed by atoms with Gasteiger partial charge < -0.3 is 14.8 Å². The number of rotatable bonds is 8. The average Bonchev–Trinajstić information content (AvgIpc) is 3.46. The van der Waals surface area contributed by atoms with Gasteiger partial charge in [-0.15, -0.1) is 0 Å². The number of nitrogens with zero attached hydrogens (tertiary/aromatic N) is 2. The Kier molecular flexibility index (Phi) is 7.64. The summed E-state index contributed by atoms with van der Waals surface area (Å²) in [5.41, 5.74) is 4.47. The van der Waals surface area contributed by atoms with Crippen LogP contribution in [0, 0.1) is 10.1 Å². The molecule has 0 spiro atoms. The molecule has 210 valence electrons. The molecule has 1 saturated heterocycles. The number of nitro groups is 1. The summed E-state index contributed by atoms with van der Waals surface area (Å²) in [6.07, 6.45) is -3.34. The second kappa shape index (κ2) is 11.5. The number of fused-ring (bicyclic) bond motifs is 3. The summed E-state index contributed by atoms with van der Waals surface area (Å²) < 4.78 is 10.6. The highest BCUT2D eigenvalue weighted by Gasteiger charge is 2.34. The number of benzene rings is 3. The lowest BCUT2D eigenvalue weighted by atomic mass is 9.98. The van der Waals surface area contributed by atoms with Crippen molar-refractivity contribution >= 4 is 29.8 Å². The Bertz CT molecular complexity index is 1490. The van der Waals surface area contributed by atoms with E-state index in [0.29, 0.717) is 10.6 Å². The van der Waals surface area contributed by atoms with E-state index in [4.69, 9.17) is 9.47 Å². The molecule has 0 aromatic heterocycles. The number of carbonyl (C=O) groups excluding carboxylic acids is 4. The number of ether oxygens (including phenoxy) is 2.